The number of nitrogens with zero attached hydrogens (tertiary/aromatic N) is 5. The van der Waals surface area contributed by atoms with Crippen molar-refractivity contribution in [2.45, 2.75) is 13.0 Å². The van der Waals surface area contributed by atoms with E-state index in [0.717, 1.165) is 5.56 Å². The van der Waals surface area contributed by atoms with Crippen molar-refractivity contribution in [1.82, 2.24) is 14.5 Å². The maximum absolute atomic E-state index is 9.04. The maximum Gasteiger partial charge on any atom is 0.177 e. The minimum absolute atomic E-state index is 0.0884. The van der Waals surface area contributed by atoms with Gasteiger partial charge in [0, 0.05) is 12.2 Å². The number of pyridine rings is 1. The van der Waals surface area contributed by atoms with Crippen molar-refractivity contribution in [3.8, 4) is 18.0 Å². The Kier molecular flexibility index (Phi) is 3.05. The highest BCUT2D eigenvalue weighted by molar-refractivity contribution is 5.42. The first-order valence-corrected chi connectivity index (χ1v) is 5.26. The van der Waals surface area contributed by atoms with Crippen molar-refractivity contribution in [1.29, 1.82) is 10.5 Å². The van der Waals surface area contributed by atoms with Crippen LogP contribution < -0.4 is 5.73 Å². The van der Waals surface area contributed by atoms with Gasteiger partial charge < -0.3 is 5.73 Å². The predicted octanol–water partition coefficient (Wildman–Crippen LogP) is 1.03. The first-order chi connectivity index (χ1) is 8.67. The average Bonchev–Trinajstić information content (AvgIpc) is 2.81. The molecule has 0 amide bonds. The molecule has 0 saturated heterocycles. The first-order valence-electron chi connectivity index (χ1n) is 5.26. The zero-order chi connectivity index (χ0) is 13.1. The van der Waals surface area contributed by atoms with Crippen LogP contribution >= 0.6 is 0 Å². The summed E-state index contributed by atoms with van der Waals surface area (Å²) < 4.78 is 1.48. The molecule has 6 heteroatoms. The Balaban J connectivity index is 2.57. The second-order valence-electron chi connectivity index (χ2n) is 3.77. The van der Waals surface area contributed by atoms with Gasteiger partial charge in [-0.15, -0.1) is 0 Å². The normalized spacial score (nSPS) is 11.6. The number of aromatic nitrogens is 3. The Morgan fingerprint density at radius 1 is 1.33 bits per heavy atom. The fraction of sp³-hybridized carbons (Fsp3) is 0.167. The third-order valence-electron chi connectivity index (χ3n) is 2.52. The summed E-state index contributed by atoms with van der Waals surface area (Å²) in [5, 5.41) is 17.9. The minimum Gasteiger partial charge on any atom is -0.324 e. The highest BCUT2D eigenvalue weighted by Crippen LogP contribution is 2.15. The molecule has 0 saturated carbocycles. The van der Waals surface area contributed by atoms with Crippen molar-refractivity contribution in [2.24, 2.45) is 5.73 Å². The van der Waals surface area contributed by atoms with E-state index in [1.54, 1.807) is 12.3 Å². The molecule has 0 aromatic carbocycles. The van der Waals surface area contributed by atoms with Gasteiger partial charge in [0.15, 0.2) is 11.4 Å². The van der Waals surface area contributed by atoms with E-state index < -0.39 is 0 Å². The molecule has 6 nitrogen and oxygen atoms in total. The fourth-order valence-electron chi connectivity index (χ4n) is 1.56. The summed E-state index contributed by atoms with van der Waals surface area (Å²) in [5.74, 6) is 0.523. The molecule has 2 rings (SSSR count). The highest BCUT2D eigenvalue weighted by Gasteiger charge is 2.12. The first kappa shape index (κ1) is 11.8. The molecule has 2 heterocycles. The SMILES string of the molecule is C[C@@H](N)c1ccnc(-n2cnc(C#N)c2C#N)c1. The fourth-order valence-corrected chi connectivity index (χ4v) is 1.56. The molecule has 0 radical (unpaired) electrons. The van der Waals surface area contributed by atoms with E-state index in [9.17, 15) is 0 Å². The lowest BCUT2D eigenvalue weighted by Gasteiger charge is -2.08. The quantitative estimate of drug-likeness (QED) is 0.841. The largest absolute Gasteiger partial charge is 0.324 e. The number of nitrogens with two attached hydrogens (primary N) is 1. The third-order valence-corrected chi connectivity index (χ3v) is 2.52. The molecule has 2 N–H and O–H groups in total. The summed E-state index contributed by atoms with van der Waals surface area (Å²) in [7, 11) is 0. The predicted molar refractivity (Wildman–Crippen MR) is 63.4 cm³/mol. The molecule has 88 valence electrons. The van der Waals surface area contributed by atoms with E-state index in [4.69, 9.17) is 16.3 Å². The molecular weight excluding hydrogens is 228 g/mol. The van der Waals surface area contributed by atoms with Crippen molar-refractivity contribution in [3.05, 3.63) is 41.6 Å². The lowest BCUT2D eigenvalue weighted by Crippen LogP contribution is -2.07. The molecule has 0 spiro atoms. The topological polar surface area (TPSA) is 104 Å². The van der Waals surface area contributed by atoms with E-state index in [2.05, 4.69) is 9.97 Å². The molecule has 0 aliphatic rings. The highest BCUT2D eigenvalue weighted by atomic mass is 15.1. The van der Waals surface area contributed by atoms with Gasteiger partial charge in [0.1, 0.15) is 24.3 Å². The zero-order valence-corrected chi connectivity index (χ0v) is 9.70. The van der Waals surface area contributed by atoms with Crippen LogP contribution in [0.4, 0.5) is 0 Å². The molecule has 0 unspecified atom stereocenters. The molecule has 2 aromatic rings. The van der Waals surface area contributed by atoms with Gasteiger partial charge in [-0.05, 0) is 24.6 Å². The Morgan fingerprint density at radius 3 is 2.72 bits per heavy atom. The number of hydrogen-bond donors (Lipinski definition) is 1. The summed E-state index contributed by atoms with van der Waals surface area (Å²) in [6, 6.07) is 7.27. The van der Waals surface area contributed by atoms with Gasteiger partial charge in [-0.1, -0.05) is 0 Å². The average molecular weight is 238 g/mol. The molecule has 0 fully saturated rings. The van der Waals surface area contributed by atoms with Crippen LogP contribution in [0.1, 0.15) is 29.9 Å². The lowest BCUT2D eigenvalue weighted by atomic mass is 10.1. The van der Waals surface area contributed by atoms with Gasteiger partial charge in [-0.3, -0.25) is 4.57 Å². The van der Waals surface area contributed by atoms with Crippen molar-refractivity contribution in [2.75, 3.05) is 0 Å². The minimum atomic E-state index is -0.128. The number of rotatable bonds is 2. The Labute approximate surface area is 104 Å². The van der Waals surface area contributed by atoms with Gasteiger partial charge in [0.25, 0.3) is 0 Å². The summed E-state index contributed by atoms with van der Waals surface area (Å²) in [5.41, 5.74) is 6.95. The Bertz CT molecular complexity index is 656. The van der Waals surface area contributed by atoms with Gasteiger partial charge in [-0.2, -0.15) is 10.5 Å². The monoisotopic (exact) mass is 238 g/mol. The molecule has 0 aliphatic carbocycles. The summed E-state index contributed by atoms with van der Waals surface area (Å²) >= 11 is 0. The van der Waals surface area contributed by atoms with Crippen molar-refractivity contribution >= 4 is 0 Å². The van der Waals surface area contributed by atoms with E-state index in [-0.39, 0.29) is 17.4 Å². The second kappa shape index (κ2) is 4.66. The van der Waals surface area contributed by atoms with Gasteiger partial charge >= 0.3 is 0 Å². The third kappa shape index (κ3) is 1.93. The van der Waals surface area contributed by atoms with Crippen LogP contribution in [-0.4, -0.2) is 14.5 Å². The van der Waals surface area contributed by atoms with Crippen LogP contribution in [0.3, 0.4) is 0 Å². The van der Waals surface area contributed by atoms with Crippen LogP contribution in [0.25, 0.3) is 5.82 Å². The van der Waals surface area contributed by atoms with Crippen LogP contribution in [0.15, 0.2) is 24.7 Å². The molecular formula is C12H10N6. The van der Waals surface area contributed by atoms with Gasteiger partial charge in [-0.25, -0.2) is 9.97 Å². The van der Waals surface area contributed by atoms with Crippen LogP contribution in [0.2, 0.25) is 0 Å². The molecule has 0 aliphatic heterocycles. The zero-order valence-electron chi connectivity index (χ0n) is 9.70. The standard InChI is InChI=1S/C12H10N6/c1-8(15)9-2-3-16-12(4-9)18-7-17-10(5-13)11(18)6-14/h2-4,7-8H,15H2,1H3/t8-/m1/s1. The Hall–Kier alpha value is -2.70. The van der Waals surface area contributed by atoms with Crippen LogP contribution in [0.5, 0.6) is 0 Å². The number of nitriles is 2. The van der Waals surface area contributed by atoms with Gasteiger partial charge in [0.05, 0.1) is 0 Å². The van der Waals surface area contributed by atoms with Crippen LogP contribution in [0, 0.1) is 22.7 Å². The molecule has 1 atom stereocenters. The molecule has 18 heavy (non-hydrogen) atoms. The Morgan fingerprint density at radius 2 is 2.11 bits per heavy atom. The number of imidazole rings is 1. The molecule has 0 bridgehead atoms. The second-order valence-corrected chi connectivity index (χ2v) is 3.77. The van der Waals surface area contributed by atoms with Crippen molar-refractivity contribution in [3.63, 3.8) is 0 Å². The van der Waals surface area contributed by atoms with E-state index in [1.165, 1.54) is 10.9 Å². The van der Waals surface area contributed by atoms with E-state index in [1.807, 2.05) is 25.1 Å². The van der Waals surface area contributed by atoms with E-state index >= 15 is 0 Å². The van der Waals surface area contributed by atoms with E-state index in [0.29, 0.717) is 5.82 Å². The summed E-state index contributed by atoms with van der Waals surface area (Å²) in [6.45, 7) is 1.86. The smallest absolute Gasteiger partial charge is 0.177 e. The van der Waals surface area contributed by atoms with Crippen LogP contribution in [-0.2, 0) is 0 Å². The van der Waals surface area contributed by atoms with Gasteiger partial charge in [0.2, 0.25) is 0 Å². The number of hydrogen-bond acceptors (Lipinski definition) is 5. The van der Waals surface area contributed by atoms with Crippen molar-refractivity contribution < 1.29 is 0 Å². The molecule has 2 aromatic heterocycles. The lowest BCUT2D eigenvalue weighted by molar-refractivity contribution is 0.810. The maximum atomic E-state index is 9.04. The summed E-state index contributed by atoms with van der Waals surface area (Å²) in [6.07, 6.45) is 3.02. The summed E-state index contributed by atoms with van der Waals surface area (Å²) in [4.78, 5) is 8.02.